The molecule has 3 aromatic heterocycles. The van der Waals surface area contributed by atoms with Crippen LogP contribution in [0.4, 0.5) is 0 Å². The molecule has 1 N–H and O–H groups in total. The van der Waals surface area contributed by atoms with Crippen LogP contribution < -0.4 is 0 Å². The molecule has 6 rings (SSSR count). The summed E-state index contributed by atoms with van der Waals surface area (Å²) >= 11 is 3.73. The third-order valence-electron chi connectivity index (χ3n) is 10.6. The van der Waals surface area contributed by atoms with E-state index in [1.54, 1.807) is 0 Å². The van der Waals surface area contributed by atoms with Crippen LogP contribution in [0.15, 0.2) is 72.6 Å². The number of aliphatic hydroxyl groups excluding tert-OH is 1. The minimum atomic E-state index is -0.337. The summed E-state index contributed by atoms with van der Waals surface area (Å²) in [6.45, 7) is 21.1. The number of nitrogens with zero attached hydrogens (tertiary/aromatic N) is 1. The largest absolute Gasteiger partial charge is 0.512 e. The minimum Gasteiger partial charge on any atom is -0.512 e. The van der Waals surface area contributed by atoms with Gasteiger partial charge in [-0.25, -0.2) is 0 Å². The number of aromatic nitrogens is 1. The molecule has 0 saturated heterocycles. The number of hydrogen-bond donors (Lipinski definition) is 1. The van der Waals surface area contributed by atoms with Crippen molar-refractivity contribution in [1.29, 1.82) is 0 Å². The van der Waals surface area contributed by atoms with Crippen molar-refractivity contribution in [3.05, 3.63) is 89.1 Å². The quantitative estimate of drug-likeness (QED) is 0.0942. The van der Waals surface area contributed by atoms with Crippen molar-refractivity contribution in [3.8, 4) is 11.3 Å². The molecule has 0 spiro atoms. The van der Waals surface area contributed by atoms with E-state index < -0.39 is 0 Å². The van der Waals surface area contributed by atoms with Gasteiger partial charge in [0.2, 0.25) is 0 Å². The van der Waals surface area contributed by atoms with Gasteiger partial charge < -0.3 is 5.11 Å². The first-order valence-corrected chi connectivity index (χ1v) is 18.9. The van der Waals surface area contributed by atoms with Crippen LogP contribution >= 0.6 is 22.7 Å². The monoisotopic (exact) mass is 869 g/mol. The van der Waals surface area contributed by atoms with Crippen LogP contribution in [0.1, 0.15) is 98.4 Å². The molecule has 0 atom stereocenters. The van der Waals surface area contributed by atoms with Gasteiger partial charge in [-0.15, -0.1) is 51.8 Å². The zero-order valence-corrected chi connectivity index (χ0v) is 34.7. The first-order chi connectivity index (χ1) is 22.7. The molecule has 0 unspecified atom stereocenters. The summed E-state index contributed by atoms with van der Waals surface area (Å²) in [6, 6.07) is 23.7. The van der Waals surface area contributed by atoms with E-state index in [1.165, 1.54) is 52.2 Å². The summed E-state index contributed by atoms with van der Waals surface area (Å²) in [5.41, 5.74) is 2.89. The molecule has 0 aliphatic rings. The fourth-order valence-corrected chi connectivity index (χ4v) is 8.40. The Balaban J connectivity index is 0.000000260. The molecule has 261 valence electrons. The summed E-state index contributed by atoms with van der Waals surface area (Å²) in [5.74, 6) is 0.286. The average molecular weight is 869 g/mol. The van der Waals surface area contributed by atoms with Gasteiger partial charge in [0.15, 0.2) is 5.78 Å². The number of carbonyl (C=O) groups excluding carboxylic acids is 1. The molecule has 0 bridgehead atoms. The molecule has 49 heavy (non-hydrogen) atoms. The molecule has 0 saturated carbocycles. The minimum absolute atomic E-state index is 0. The SMILES string of the molecule is CCC(C)(CC)C(=O)/C=C(\O)C(C)(CC)CC.Cc1cc2cc3c(cc2s1)sc1ccnc(-c2[c-]c4ccccc4c(C(C)(C)C)c2)c13.[Ir]. The van der Waals surface area contributed by atoms with Gasteiger partial charge in [-0.3, -0.25) is 9.78 Å². The average Bonchev–Trinajstić information content (AvgIpc) is 3.63. The Bertz CT molecular complexity index is 2140. The van der Waals surface area contributed by atoms with Crippen LogP contribution in [0.5, 0.6) is 0 Å². The molecule has 1 radical (unpaired) electrons. The van der Waals surface area contributed by atoms with Crippen LogP contribution in [0, 0.1) is 23.8 Å². The number of pyridine rings is 1. The second-order valence-electron chi connectivity index (χ2n) is 14.7. The number of allylic oxidation sites excluding steroid dienone is 2. The van der Waals surface area contributed by atoms with Gasteiger partial charge in [0.25, 0.3) is 0 Å². The number of aryl methyl sites for hydroxylation is 1. The first kappa shape index (κ1) is 38.9. The maximum atomic E-state index is 12.2. The van der Waals surface area contributed by atoms with Gasteiger partial charge in [0, 0.05) is 67.9 Å². The predicted molar refractivity (Wildman–Crippen MR) is 211 cm³/mol. The Morgan fingerprint density at radius 3 is 2.10 bits per heavy atom. The van der Waals surface area contributed by atoms with Crippen molar-refractivity contribution < 1.29 is 30.0 Å². The van der Waals surface area contributed by atoms with E-state index in [2.05, 4.69) is 88.4 Å². The molecule has 0 fully saturated rings. The molecule has 6 heteroatoms. The number of hydrogen-bond acceptors (Lipinski definition) is 5. The van der Waals surface area contributed by atoms with Gasteiger partial charge >= 0.3 is 0 Å². The predicted octanol–water partition coefficient (Wildman–Crippen LogP) is 13.5. The fraction of sp³-hybridized carbons (Fsp3) is 0.395. The van der Waals surface area contributed by atoms with Gasteiger partial charge in [0.1, 0.15) is 5.76 Å². The number of fused-ring (bicyclic) bond motifs is 5. The van der Waals surface area contributed by atoms with Gasteiger partial charge in [0.05, 0.1) is 0 Å². The van der Waals surface area contributed by atoms with Crippen LogP contribution in [0.25, 0.3) is 52.3 Å². The third-order valence-corrected chi connectivity index (χ3v) is 12.7. The standard InChI is InChI=1S/C28H22NS2.C15H28O2.Ir/c1-16-11-18-13-21-25(15-24(18)30-16)31-23-9-10-29-27(26(21)23)19-12-17-7-5-6-8-20(17)22(14-19)28(2,3)4;1-7-14(5,8-2)12(16)11-13(17)15(6,9-3)10-4;/h5-11,13-15H,1-4H3;11,16H,7-10H2,1-6H3;/q-1;;/b;12-11-;. The van der Waals surface area contributed by atoms with Gasteiger partial charge in [-0.05, 0) is 78.4 Å². The maximum absolute atomic E-state index is 12.2. The topological polar surface area (TPSA) is 50.2 Å². The molecular formula is C43H50IrNO2S2-. The van der Waals surface area contributed by atoms with E-state index in [9.17, 15) is 9.90 Å². The van der Waals surface area contributed by atoms with Crippen molar-refractivity contribution in [3.63, 3.8) is 0 Å². The molecule has 0 aliphatic heterocycles. The zero-order valence-electron chi connectivity index (χ0n) is 30.6. The van der Waals surface area contributed by atoms with E-state index in [0.717, 1.165) is 42.3 Å². The van der Waals surface area contributed by atoms with Crippen LogP contribution in [-0.2, 0) is 30.3 Å². The van der Waals surface area contributed by atoms with E-state index in [-0.39, 0.29) is 47.9 Å². The molecule has 0 amide bonds. The van der Waals surface area contributed by atoms with Crippen molar-refractivity contribution >= 4 is 69.5 Å². The molecule has 3 nitrogen and oxygen atoms in total. The second kappa shape index (κ2) is 15.2. The number of aliphatic hydroxyl groups is 1. The summed E-state index contributed by atoms with van der Waals surface area (Å²) < 4.78 is 3.97. The van der Waals surface area contributed by atoms with E-state index in [4.69, 9.17) is 4.98 Å². The third kappa shape index (κ3) is 7.73. The van der Waals surface area contributed by atoms with E-state index in [0.29, 0.717) is 0 Å². The van der Waals surface area contributed by atoms with Crippen molar-refractivity contribution in [2.24, 2.45) is 10.8 Å². The molecule has 0 aliphatic carbocycles. The summed E-state index contributed by atoms with van der Waals surface area (Å²) in [4.78, 5) is 18.4. The number of thiophene rings is 2. The smallest absolute Gasteiger partial charge is 0.164 e. The summed E-state index contributed by atoms with van der Waals surface area (Å²) in [6.07, 6.45) is 6.70. The van der Waals surface area contributed by atoms with Crippen molar-refractivity contribution in [1.82, 2.24) is 4.98 Å². The molecular weight excluding hydrogens is 819 g/mol. The Kier molecular flexibility index (Phi) is 12.0. The Morgan fingerprint density at radius 2 is 1.47 bits per heavy atom. The maximum Gasteiger partial charge on any atom is 0.164 e. The van der Waals surface area contributed by atoms with Crippen LogP contribution in [-0.4, -0.2) is 15.9 Å². The van der Waals surface area contributed by atoms with E-state index >= 15 is 0 Å². The van der Waals surface area contributed by atoms with E-state index in [1.807, 2.05) is 70.4 Å². The summed E-state index contributed by atoms with van der Waals surface area (Å²) in [7, 11) is 0. The molecule has 6 aromatic rings. The number of ketones is 1. The first-order valence-electron chi connectivity index (χ1n) is 17.3. The fourth-order valence-electron chi connectivity index (χ4n) is 6.25. The Labute approximate surface area is 314 Å². The Hall–Kier alpha value is -2.89. The van der Waals surface area contributed by atoms with Crippen molar-refractivity contribution in [2.75, 3.05) is 0 Å². The molecule has 3 heterocycles. The molecule has 3 aromatic carbocycles. The van der Waals surface area contributed by atoms with Gasteiger partial charge in [-0.2, -0.15) is 0 Å². The van der Waals surface area contributed by atoms with Crippen LogP contribution in [0.2, 0.25) is 0 Å². The number of rotatable bonds is 8. The Morgan fingerprint density at radius 1 is 0.816 bits per heavy atom. The zero-order chi connectivity index (χ0) is 35.0. The number of benzene rings is 3. The second-order valence-corrected chi connectivity index (χ2v) is 17.1. The number of carbonyl (C=O) groups is 1. The van der Waals surface area contributed by atoms with Crippen molar-refractivity contribution in [2.45, 2.75) is 100 Å². The summed E-state index contributed by atoms with van der Waals surface area (Å²) in [5, 5.41) is 16.4. The normalized spacial score (nSPS) is 12.7. The van der Waals surface area contributed by atoms with Crippen LogP contribution in [0.3, 0.4) is 0 Å². The van der Waals surface area contributed by atoms with Gasteiger partial charge in [-0.1, -0.05) is 91.5 Å².